The van der Waals surface area contributed by atoms with Crippen LogP contribution >= 0.6 is 11.8 Å². The molecule has 15 heavy (non-hydrogen) atoms. The molecular formula is C11H16FNOS. The zero-order valence-corrected chi connectivity index (χ0v) is 9.56. The van der Waals surface area contributed by atoms with Crippen LogP contribution in [0.5, 0.6) is 0 Å². The van der Waals surface area contributed by atoms with Gasteiger partial charge in [-0.25, -0.2) is 4.39 Å². The fourth-order valence-electron chi connectivity index (χ4n) is 1.02. The Balaban J connectivity index is 2.35. The number of rotatable bonds is 5. The molecule has 0 aromatic heterocycles. The molecule has 0 spiro atoms. The molecule has 0 amide bonds. The van der Waals surface area contributed by atoms with Crippen molar-refractivity contribution in [3.63, 3.8) is 0 Å². The summed E-state index contributed by atoms with van der Waals surface area (Å²) in [7, 11) is 0. The van der Waals surface area contributed by atoms with Gasteiger partial charge in [0.25, 0.3) is 0 Å². The first kappa shape index (κ1) is 12.5. The van der Waals surface area contributed by atoms with E-state index < -0.39 is 5.60 Å². The lowest BCUT2D eigenvalue weighted by Gasteiger charge is -2.20. The SMILES string of the molecule is CC(O)(CN)CCSc1ccc(F)cc1. The third kappa shape index (κ3) is 4.64. The molecule has 0 saturated heterocycles. The van der Waals surface area contributed by atoms with Gasteiger partial charge >= 0.3 is 0 Å². The molecule has 1 aromatic carbocycles. The van der Waals surface area contributed by atoms with Crippen LogP contribution in [0.25, 0.3) is 0 Å². The lowest BCUT2D eigenvalue weighted by atomic mass is 10.1. The molecule has 0 aliphatic rings. The standard InChI is InChI=1S/C11H16FNOS/c1-11(14,8-13)6-7-15-10-4-2-9(12)3-5-10/h2-5,14H,6-8,13H2,1H3. The molecule has 1 rings (SSSR count). The summed E-state index contributed by atoms with van der Waals surface area (Å²) < 4.78 is 12.6. The van der Waals surface area contributed by atoms with Crippen molar-refractivity contribution in [3.8, 4) is 0 Å². The van der Waals surface area contributed by atoms with E-state index in [1.54, 1.807) is 30.8 Å². The van der Waals surface area contributed by atoms with Gasteiger partial charge in [-0.15, -0.1) is 11.8 Å². The molecule has 0 saturated carbocycles. The summed E-state index contributed by atoms with van der Waals surface area (Å²) in [6, 6.07) is 6.33. The highest BCUT2D eigenvalue weighted by Gasteiger charge is 2.16. The summed E-state index contributed by atoms with van der Waals surface area (Å²) in [6.45, 7) is 1.98. The van der Waals surface area contributed by atoms with Crippen molar-refractivity contribution in [2.45, 2.75) is 23.8 Å². The van der Waals surface area contributed by atoms with E-state index in [9.17, 15) is 9.50 Å². The summed E-state index contributed by atoms with van der Waals surface area (Å²) in [5.74, 6) is 0.545. The van der Waals surface area contributed by atoms with Gasteiger partial charge < -0.3 is 10.8 Å². The van der Waals surface area contributed by atoms with Gasteiger partial charge in [0.2, 0.25) is 0 Å². The summed E-state index contributed by atoms with van der Waals surface area (Å²) in [5.41, 5.74) is 4.60. The van der Waals surface area contributed by atoms with Crippen LogP contribution in [0.15, 0.2) is 29.2 Å². The van der Waals surface area contributed by atoms with Gasteiger partial charge in [-0.3, -0.25) is 0 Å². The number of nitrogens with two attached hydrogens (primary N) is 1. The first-order valence-electron chi connectivity index (χ1n) is 4.84. The van der Waals surface area contributed by atoms with Gasteiger partial charge in [-0.1, -0.05) is 0 Å². The number of hydrogen-bond acceptors (Lipinski definition) is 3. The fourth-order valence-corrected chi connectivity index (χ4v) is 2.13. The maximum absolute atomic E-state index is 12.6. The highest BCUT2D eigenvalue weighted by Crippen LogP contribution is 2.21. The summed E-state index contributed by atoms with van der Waals surface area (Å²) in [5, 5.41) is 9.65. The van der Waals surface area contributed by atoms with E-state index in [-0.39, 0.29) is 12.4 Å². The van der Waals surface area contributed by atoms with E-state index in [1.165, 1.54) is 12.1 Å². The molecule has 0 aliphatic heterocycles. The largest absolute Gasteiger partial charge is 0.389 e. The summed E-state index contributed by atoms with van der Waals surface area (Å²) in [6.07, 6.45) is 0.630. The van der Waals surface area contributed by atoms with Gasteiger partial charge in [0.15, 0.2) is 0 Å². The second kappa shape index (κ2) is 5.49. The van der Waals surface area contributed by atoms with Crippen LogP contribution in [0.3, 0.4) is 0 Å². The van der Waals surface area contributed by atoms with Gasteiger partial charge in [-0.2, -0.15) is 0 Å². The minimum Gasteiger partial charge on any atom is -0.389 e. The third-order valence-corrected chi connectivity index (χ3v) is 3.18. The molecule has 84 valence electrons. The van der Waals surface area contributed by atoms with Crippen LogP contribution in [0.1, 0.15) is 13.3 Å². The molecule has 0 radical (unpaired) electrons. The highest BCUT2D eigenvalue weighted by atomic mass is 32.2. The van der Waals surface area contributed by atoms with E-state index in [0.29, 0.717) is 6.42 Å². The number of aliphatic hydroxyl groups is 1. The molecule has 1 aromatic rings. The van der Waals surface area contributed by atoms with Crippen molar-refractivity contribution in [2.75, 3.05) is 12.3 Å². The van der Waals surface area contributed by atoms with Gasteiger partial charge in [0.1, 0.15) is 5.82 Å². The Hall–Kier alpha value is -0.580. The lowest BCUT2D eigenvalue weighted by molar-refractivity contribution is 0.0665. The Labute approximate surface area is 93.7 Å². The maximum Gasteiger partial charge on any atom is 0.123 e. The van der Waals surface area contributed by atoms with Crippen LogP contribution in [0, 0.1) is 5.82 Å². The van der Waals surface area contributed by atoms with E-state index in [1.807, 2.05) is 0 Å². The zero-order valence-electron chi connectivity index (χ0n) is 8.74. The molecule has 0 fully saturated rings. The Morgan fingerprint density at radius 2 is 2.00 bits per heavy atom. The van der Waals surface area contributed by atoms with Gasteiger partial charge in [0, 0.05) is 17.2 Å². The van der Waals surface area contributed by atoms with Crippen LogP contribution in [0.4, 0.5) is 4.39 Å². The van der Waals surface area contributed by atoms with Crippen molar-refractivity contribution in [1.29, 1.82) is 0 Å². The zero-order chi connectivity index (χ0) is 11.3. The molecule has 1 atom stereocenters. The van der Waals surface area contributed by atoms with Crippen molar-refractivity contribution in [1.82, 2.24) is 0 Å². The Bertz CT molecular complexity index is 300. The Morgan fingerprint density at radius 1 is 1.40 bits per heavy atom. The average Bonchev–Trinajstić information content (AvgIpc) is 2.21. The van der Waals surface area contributed by atoms with E-state index in [4.69, 9.17) is 5.73 Å². The number of thioether (sulfide) groups is 1. The Kier molecular flexibility index (Phi) is 4.57. The maximum atomic E-state index is 12.6. The van der Waals surface area contributed by atoms with Crippen molar-refractivity contribution >= 4 is 11.8 Å². The molecule has 1 unspecified atom stereocenters. The normalized spacial score (nSPS) is 14.9. The molecule has 0 heterocycles. The van der Waals surface area contributed by atoms with Crippen LogP contribution in [-0.2, 0) is 0 Å². The number of benzene rings is 1. The van der Waals surface area contributed by atoms with Gasteiger partial charge in [0.05, 0.1) is 5.60 Å². The van der Waals surface area contributed by atoms with Crippen molar-refractivity contribution in [3.05, 3.63) is 30.1 Å². The van der Waals surface area contributed by atoms with Crippen molar-refractivity contribution < 1.29 is 9.50 Å². The van der Waals surface area contributed by atoms with Gasteiger partial charge in [-0.05, 0) is 37.6 Å². The number of hydrogen-bond donors (Lipinski definition) is 2. The molecular weight excluding hydrogens is 213 g/mol. The second-order valence-corrected chi connectivity index (χ2v) is 4.92. The van der Waals surface area contributed by atoms with Crippen molar-refractivity contribution in [2.24, 2.45) is 5.73 Å². The van der Waals surface area contributed by atoms with Crippen LogP contribution in [0.2, 0.25) is 0 Å². The molecule has 4 heteroatoms. The topological polar surface area (TPSA) is 46.2 Å². The smallest absolute Gasteiger partial charge is 0.123 e. The second-order valence-electron chi connectivity index (χ2n) is 3.75. The summed E-state index contributed by atoms with van der Waals surface area (Å²) >= 11 is 1.59. The molecule has 0 aliphatic carbocycles. The Morgan fingerprint density at radius 3 is 2.53 bits per heavy atom. The van der Waals surface area contributed by atoms with E-state index >= 15 is 0 Å². The lowest BCUT2D eigenvalue weighted by Crippen LogP contribution is -2.34. The molecule has 3 N–H and O–H groups in total. The quantitative estimate of drug-likeness (QED) is 0.759. The minimum atomic E-state index is -0.799. The third-order valence-electron chi connectivity index (χ3n) is 2.16. The first-order chi connectivity index (χ1) is 7.03. The highest BCUT2D eigenvalue weighted by molar-refractivity contribution is 7.99. The fraction of sp³-hybridized carbons (Fsp3) is 0.455. The summed E-state index contributed by atoms with van der Waals surface area (Å²) in [4.78, 5) is 1.00. The molecule has 2 nitrogen and oxygen atoms in total. The monoisotopic (exact) mass is 229 g/mol. The van der Waals surface area contributed by atoms with E-state index in [0.717, 1.165) is 10.6 Å². The minimum absolute atomic E-state index is 0.228. The average molecular weight is 229 g/mol. The van der Waals surface area contributed by atoms with Crippen LogP contribution < -0.4 is 5.73 Å². The predicted molar refractivity (Wildman–Crippen MR) is 61.4 cm³/mol. The first-order valence-corrected chi connectivity index (χ1v) is 5.83. The number of halogens is 1. The molecule has 0 bridgehead atoms. The van der Waals surface area contributed by atoms with E-state index in [2.05, 4.69) is 0 Å². The van der Waals surface area contributed by atoms with Crippen LogP contribution in [-0.4, -0.2) is 23.0 Å². The predicted octanol–water partition coefficient (Wildman–Crippen LogP) is 2.02.